The van der Waals surface area contributed by atoms with Gasteiger partial charge in [0.25, 0.3) is 0 Å². The highest BCUT2D eigenvalue weighted by atomic mass is 16.5. The second-order valence-corrected chi connectivity index (χ2v) is 12.4. The zero-order valence-corrected chi connectivity index (χ0v) is 25.6. The van der Waals surface area contributed by atoms with Crippen LogP contribution in [-0.4, -0.2) is 0 Å². The molecule has 0 spiro atoms. The highest BCUT2D eigenvalue weighted by Gasteiger charge is 2.24. The monoisotopic (exact) mass is 596 g/mol. The molecule has 47 heavy (non-hydrogen) atoms. The van der Waals surface area contributed by atoms with E-state index in [1.54, 1.807) is 0 Å². The number of benzene rings is 9. The van der Waals surface area contributed by atoms with E-state index in [-0.39, 0.29) is 0 Å². The number of fused-ring (bicyclic) bond motifs is 5. The molecule has 9 aromatic carbocycles. The molecule has 0 radical (unpaired) electrons. The lowest BCUT2D eigenvalue weighted by Crippen LogP contribution is -1.98. The fraction of sp³-hybridized carbons (Fsp3) is 0. The predicted molar refractivity (Wildman–Crippen MR) is 198 cm³/mol. The molecule has 0 bridgehead atoms. The molecular weight excluding hydrogens is 569 g/mol. The minimum atomic E-state index is 0.909. The lowest BCUT2D eigenvalue weighted by atomic mass is 9.82. The lowest BCUT2D eigenvalue weighted by Gasteiger charge is -2.24. The summed E-state index contributed by atoms with van der Waals surface area (Å²) in [4.78, 5) is 0. The molecule has 0 saturated heterocycles. The highest BCUT2D eigenvalue weighted by Crippen LogP contribution is 2.51. The average molecular weight is 597 g/mol. The molecule has 1 aliphatic heterocycles. The molecule has 218 valence electrons. The summed E-state index contributed by atoms with van der Waals surface area (Å²) in [6, 6.07) is 61.5. The van der Waals surface area contributed by atoms with Gasteiger partial charge >= 0.3 is 0 Å². The Bertz CT molecular complexity index is 2640. The molecule has 1 heteroatoms. The highest BCUT2D eigenvalue weighted by molar-refractivity contribution is 6.26. The molecule has 0 saturated carbocycles. The van der Waals surface area contributed by atoms with E-state index in [1.807, 2.05) is 6.07 Å². The summed E-state index contributed by atoms with van der Waals surface area (Å²) in [6.07, 6.45) is 0. The third-order valence-electron chi connectivity index (χ3n) is 9.86. The molecule has 0 aromatic heterocycles. The van der Waals surface area contributed by atoms with E-state index in [1.165, 1.54) is 82.0 Å². The van der Waals surface area contributed by atoms with Crippen LogP contribution in [0.5, 0.6) is 11.5 Å². The molecule has 0 amide bonds. The van der Waals surface area contributed by atoms with Gasteiger partial charge in [-0.15, -0.1) is 0 Å². The van der Waals surface area contributed by atoms with Crippen molar-refractivity contribution in [2.24, 2.45) is 0 Å². The van der Waals surface area contributed by atoms with Crippen molar-refractivity contribution in [2.45, 2.75) is 0 Å². The Morgan fingerprint density at radius 3 is 1.60 bits per heavy atom. The summed E-state index contributed by atoms with van der Waals surface area (Å²) in [5.41, 5.74) is 9.83. The van der Waals surface area contributed by atoms with Crippen LogP contribution >= 0.6 is 0 Å². The largest absolute Gasteiger partial charge is 0.456 e. The molecule has 0 unspecified atom stereocenters. The van der Waals surface area contributed by atoms with Gasteiger partial charge in [-0.25, -0.2) is 0 Å². The maximum Gasteiger partial charge on any atom is 0.135 e. The van der Waals surface area contributed by atoms with Gasteiger partial charge in [0.1, 0.15) is 11.5 Å². The van der Waals surface area contributed by atoms with E-state index in [4.69, 9.17) is 4.74 Å². The summed E-state index contributed by atoms with van der Waals surface area (Å²) in [5.74, 6) is 1.82. The van der Waals surface area contributed by atoms with Gasteiger partial charge in [-0.3, -0.25) is 0 Å². The molecule has 1 heterocycles. The standard InChI is InChI=1S/C46H28O/c1-2-12-29(13-3-1)30-24-25-32-31(28-30)14-10-20-34(32)44-35-16-4-6-18-37(35)45(38-19-7-5-17-36(38)44)41-27-26-40-33-15-8-9-22-42(33)47-43-23-11-21-39(41)46(40)43/h1-28H. The van der Waals surface area contributed by atoms with Crippen LogP contribution in [0.2, 0.25) is 0 Å². The van der Waals surface area contributed by atoms with Gasteiger partial charge in [-0.05, 0) is 94.8 Å². The Balaban J connectivity index is 1.27. The SMILES string of the molecule is c1ccc(-c2ccc3c(-c4c5ccccc5c(-c5ccc6c7c(cccc57)Oc5ccccc5-6)c5ccccc45)cccc3c2)cc1. The van der Waals surface area contributed by atoms with Crippen molar-refractivity contribution in [2.75, 3.05) is 0 Å². The van der Waals surface area contributed by atoms with E-state index in [2.05, 4.69) is 164 Å². The Morgan fingerprint density at radius 2 is 0.851 bits per heavy atom. The van der Waals surface area contributed by atoms with E-state index >= 15 is 0 Å². The van der Waals surface area contributed by atoms with Crippen LogP contribution in [-0.2, 0) is 0 Å². The molecule has 0 fully saturated rings. The van der Waals surface area contributed by atoms with Gasteiger partial charge in [0, 0.05) is 10.9 Å². The van der Waals surface area contributed by atoms with Gasteiger partial charge < -0.3 is 4.74 Å². The van der Waals surface area contributed by atoms with Gasteiger partial charge in [0.05, 0.1) is 0 Å². The van der Waals surface area contributed by atoms with Crippen molar-refractivity contribution < 1.29 is 4.74 Å². The second-order valence-electron chi connectivity index (χ2n) is 12.4. The van der Waals surface area contributed by atoms with Crippen molar-refractivity contribution in [1.29, 1.82) is 0 Å². The Labute approximate surface area is 272 Å². The maximum absolute atomic E-state index is 6.47. The van der Waals surface area contributed by atoms with Gasteiger partial charge in [0.15, 0.2) is 0 Å². The van der Waals surface area contributed by atoms with Crippen molar-refractivity contribution >= 4 is 43.1 Å². The van der Waals surface area contributed by atoms with Gasteiger partial charge in [-0.2, -0.15) is 0 Å². The predicted octanol–water partition coefficient (Wildman–Crippen LogP) is 13.1. The smallest absolute Gasteiger partial charge is 0.135 e. The molecular formula is C46H28O. The third kappa shape index (κ3) is 3.90. The molecule has 0 atom stereocenters. The summed E-state index contributed by atoms with van der Waals surface area (Å²) >= 11 is 0. The minimum Gasteiger partial charge on any atom is -0.456 e. The number of hydrogen-bond acceptors (Lipinski definition) is 1. The molecule has 9 aromatic rings. The average Bonchev–Trinajstić information content (AvgIpc) is 3.14. The quantitative estimate of drug-likeness (QED) is 0.184. The fourth-order valence-corrected chi connectivity index (χ4v) is 7.82. The van der Waals surface area contributed by atoms with E-state index < -0.39 is 0 Å². The van der Waals surface area contributed by atoms with Gasteiger partial charge in [0.2, 0.25) is 0 Å². The molecule has 1 aliphatic rings. The second kappa shape index (κ2) is 10.2. The summed E-state index contributed by atoms with van der Waals surface area (Å²) in [5, 5.41) is 9.87. The minimum absolute atomic E-state index is 0.909. The molecule has 10 rings (SSSR count). The van der Waals surface area contributed by atoms with Crippen LogP contribution in [0.3, 0.4) is 0 Å². The zero-order chi connectivity index (χ0) is 30.9. The maximum atomic E-state index is 6.47. The van der Waals surface area contributed by atoms with Crippen molar-refractivity contribution in [3.63, 3.8) is 0 Å². The third-order valence-corrected chi connectivity index (χ3v) is 9.86. The Morgan fingerprint density at radius 1 is 0.298 bits per heavy atom. The fourth-order valence-electron chi connectivity index (χ4n) is 7.82. The zero-order valence-electron chi connectivity index (χ0n) is 25.6. The first-order valence-electron chi connectivity index (χ1n) is 16.2. The topological polar surface area (TPSA) is 9.23 Å². The lowest BCUT2D eigenvalue weighted by molar-refractivity contribution is 0.487. The number of para-hydroxylation sites is 1. The molecule has 0 aliphatic carbocycles. The van der Waals surface area contributed by atoms with Crippen molar-refractivity contribution in [3.05, 3.63) is 170 Å². The van der Waals surface area contributed by atoms with Crippen LogP contribution in [0.25, 0.3) is 87.6 Å². The van der Waals surface area contributed by atoms with Gasteiger partial charge in [-0.1, -0.05) is 152 Å². The van der Waals surface area contributed by atoms with E-state index in [0.29, 0.717) is 0 Å². The summed E-state index contributed by atoms with van der Waals surface area (Å²) < 4.78 is 6.47. The molecule has 0 N–H and O–H groups in total. The van der Waals surface area contributed by atoms with Crippen LogP contribution in [0, 0.1) is 0 Å². The van der Waals surface area contributed by atoms with Crippen molar-refractivity contribution in [1.82, 2.24) is 0 Å². The summed E-state index contributed by atoms with van der Waals surface area (Å²) in [6.45, 7) is 0. The first-order valence-corrected chi connectivity index (χ1v) is 16.2. The normalized spacial score (nSPS) is 12.0. The van der Waals surface area contributed by atoms with E-state index in [0.717, 1.165) is 17.1 Å². The van der Waals surface area contributed by atoms with Crippen LogP contribution in [0.15, 0.2) is 170 Å². The number of hydrogen-bond donors (Lipinski definition) is 0. The Kier molecular flexibility index (Phi) is 5.64. The summed E-state index contributed by atoms with van der Waals surface area (Å²) in [7, 11) is 0. The van der Waals surface area contributed by atoms with Crippen LogP contribution < -0.4 is 4.74 Å². The van der Waals surface area contributed by atoms with Crippen molar-refractivity contribution in [3.8, 4) is 56.0 Å². The number of ether oxygens (including phenoxy) is 1. The Hall–Kier alpha value is -6.18. The molecule has 1 nitrogen and oxygen atoms in total. The van der Waals surface area contributed by atoms with Crippen LogP contribution in [0.1, 0.15) is 0 Å². The number of rotatable bonds is 3. The first kappa shape index (κ1) is 26.1. The van der Waals surface area contributed by atoms with Crippen LogP contribution in [0.4, 0.5) is 0 Å². The van der Waals surface area contributed by atoms with E-state index in [9.17, 15) is 0 Å². The first-order chi connectivity index (χ1) is 23.3.